The van der Waals surface area contributed by atoms with Crippen LogP contribution in [-0.4, -0.2) is 57.0 Å². The Kier molecular flexibility index (Phi) is 6.19. The third-order valence-corrected chi connectivity index (χ3v) is 5.70. The lowest BCUT2D eigenvalue weighted by atomic mass is 9.97. The van der Waals surface area contributed by atoms with Crippen LogP contribution in [0.15, 0.2) is 33.5 Å². The number of anilines is 2. The molecule has 0 spiro atoms. The second-order valence-electron chi connectivity index (χ2n) is 7.97. The van der Waals surface area contributed by atoms with Crippen LogP contribution in [0, 0.1) is 24.4 Å². The highest BCUT2D eigenvalue weighted by atomic mass is 19.1. The van der Waals surface area contributed by atoms with Crippen molar-refractivity contribution in [2.24, 2.45) is 0 Å². The van der Waals surface area contributed by atoms with Gasteiger partial charge < -0.3 is 40.6 Å². The standard InChI is InChI=1S/C22H19F3N2O8/c1-6-13(24)15(27-21-18(31)16(29)17(30)20(35-21)22(32)33)12-10(28)5-11(34-19(12)14(6)25)7-2-3-9(26)8(23)4-7/h2-5,16-18,20-21,27,29-31H,26H2,1H3,(H,32,33)/t16-,17-,18+,20-,21+/m0/s1. The summed E-state index contributed by atoms with van der Waals surface area (Å²) in [6.07, 6.45) is -9.83. The third-order valence-electron chi connectivity index (χ3n) is 5.70. The Bertz CT molecular complexity index is 1400. The number of nitrogen functional groups attached to an aromatic ring is 1. The molecule has 1 aliphatic rings. The second-order valence-corrected chi connectivity index (χ2v) is 7.97. The fourth-order valence-corrected chi connectivity index (χ4v) is 3.75. The van der Waals surface area contributed by atoms with E-state index in [1.54, 1.807) is 0 Å². The first-order valence-electron chi connectivity index (χ1n) is 10.1. The van der Waals surface area contributed by atoms with E-state index in [0.717, 1.165) is 19.1 Å². The van der Waals surface area contributed by atoms with Crippen molar-refractivity contribution in [3.63, 3.8) is 0 Å². The number of fused-ring (bicyclic) bond motifs is 1. The van der Waals surface area contributed by atoms with Gasteiger partial charge in [0.2, 0.25) is 0 Å². The van der Waals surface area contributed by atoms with Gasteiger partial charge in [-0.25, -0.2) is 18.0 Å². The zero-order valence-corrected chi connectivity index (χ0v) is 17.8. The molecule has 0 aliphatic carbocycles. The number of nitrogens with one attached hydrogen (secondary N) is 1. The van der Waals surface area contributed by atoms with Crippen molar-refractivity contribution < 1.29 is 47.5 Å². The van der Waals surface area contributed by atoms with Gasteiger partial charge in [0.1, 0.15) is 29.9 Å². The minimum absolute atomic E-state index is 0.0408. The average Bonchev–Trinajstić information content (AvgIpc) is 2.81. The van der Waals surface area contributed by atoms with Gasteiger partial charge in [-0.15, -0.1) is 0 Å². The number of carboxylic acids is 1. The zero-order valence-electron chi connectivity index (χ0n) is 17.8. The van der Waals surface area contributed by atoms with E-state index in [4.69, 9.17) is 14.9 Å². The predicted octanol–water partition coefficient (Wildman–Crippen LogP) is 1.07. The number of ether oxygens (including phenoxy) is 1. The summed E-state index contributed by atoms with van der Waals surface area (Å²) >= 11 is 0. The molecule has 0 unspecified atom stereocenters. The highest BCUT2D eigenvalue weighted by Crippen LogP contribution is 2.35. The van der Waals surface area contributed by atoms with Gasteiger partial charge in [-0.2, -0.15) is 0 Å². The summed E-state index contributed by atoms with van der Waals surface area (Å²) < 4.78 is 54.5. The zero-order chi connectivity index (χ0) is 25.8. The smallest absolute Gasteiger partial charge is 0.335 e. The van der Waals surface area contributed by atoms with Crippen molar-refractivity contribution in [1.29, 1.82) is 0 Å². The quantitative estimate of drug-likeness (QED) is 0.287. The molecular weight excluding hydrogens is 477 g/mol. The van der Waals surface area contributed by atoms with Crippen molar-refractivity contribution in [2.45, 2.75) is 37.6 Å². The summed E-state index contributed by atoms with van der Waals surface area (Å²) in [5, 5.41) is 40.9. The summed E-state index contributed by atoms with van der Waals surface area (Å²) in [5.74, 6) is -5.27. The largest absolute Gasteiger partial charge is 0.479 e. The molecule has 1 saturated heterocycles. The van der Waals surface area contributed by atoms with Gasteiger partial charge in [-0.1, -0.05) is 0 Å². The van der Waals surface area contributed by atoms with Gasteiger partial charge in [0.05, 0.1) is 16.8 Å². The fraction of sp³-hybridized carbons (Fsp3) is 0.273. The maximum Gasteiger partial charge on any atom is 0.335 e. The lowest BCUT2D eigenvalue weighted by Crippen LogP contribution is -2.61. The van der Waals surface area contributed by atoms with E-state index in [9.17, 15) is 38.8 Å². The van der Waals surface area contributed by atoms with Crippen molar-refractivity contribution in [2.75, 3.05) is 11.1 Å². The molecule has 2 heterocycles. The molecule has 10 nitrogen and oxygen atoms in total. The molecule has 1 aromatic heterocycles. The van der Waals surface area contributed by atoms with E-state index >= 15 is 4.39 Å². The molecule has 4 rings (SSSR count). The van der Waals surface area contributed by atoms with Crippen LogP contribution in [-0.2, 0) is 9.53 Å². The number of carbonyl (C=O) groups is 1. The Labute approximate surface area is 194 Å². The van der Waals surface area contributed by atoms with E-state index in [2.05, 4.69) is 5.32 Å². The molecule has 0 saturated carbocycles. The van der Waals surface area contributed by atoms with Crippen LogP contribution < -0.4 is 16.5 Å². The molecule has 1 fully saturated rings. The SMILES string of the molecule is Cc1c(F)c(N[C@@H]2O[C@H](C(=O)O)[C@@H](O)[C@H](O)[C@H]2O)c2c(=O)cc(-c3ccc(N)c(F)c3)oc2c1F. The summed E-state index contributed by atoms with van der Waals surface area (Å²) in [7, 11) is 0. The van der Waals surface area contributed by atoms with Crippen LogP contribution in [0.25, 0.3) is 22.3 Å². The molecule has 0 radical (unpaired) electrons. The number of aliphatic carboxylic acids is 1. The van der Waals surface area contributed by atoms with Crippen LogP contribution >= 0.6 is 0 Å². The van der Waals surface area contributed by atoms with Crippen LogP contribution in [0.3, 0.4) is 0 Å². The van der Waals surface area contributed by atoms with Crippen molar-refractivity contribution in [1.82, 2.24) is 0 Å². The number of hydrogen-bond donors (Lipinski definition) is 6. The number of halogens is 3. The Hall–Kier alpha value is -3.65. The number of carboxylic acid groups (broad SMARTS) is 1. The van der Waals surface area contributed by atoms with Gasteiger partial charge in [0, 0.05) is 17.2 Å². The number of hydrogen-bond acceptors (Lipinski definition) is 9. The lowest BCUT2D eigenvalue weighted by Gasteiger charge is -2.39. The van der Waals surface area contributed by atoms with E-state index in [1.807, 2.05) is 0 Å². The first-order chi connectivity index (χ1) is 16.4. The molecule has 186 valence electrons. The molecule has 2 aromatic carbocycles. The van der Waals surface area contributed by atoms with E-state index < -0.39 is 81.7 Å². The summed E-state index contributed by atoms with van der Waals surface area (Å²) in [5.41, 5.74) is 2.30. The maximum absolute atomic E-state index is 15.1. The van der Waals surface area contributed by atoms with E-state index in [1.165, 1.54) is 12.1 Å². The number of rotatable bonds is 4. The molecule has 1 aliphatic heterocycles. The monoisotopic (exact) mass is 496 g/mol. The number of benzene rings is 2. The van der Waals surface area contributed by atoms with Crippen molar-refractivity contribution in [3.8, 4) is 11.3 Å². The van der Waals surface area contributed by atoms with Crippen molar-refractivity contribution in [3.05, 3.63) is 57.5 Å². The minimum atomic E-state index is -2.01. The molecule has 0 bridgehead atoms. The Morgan fingerprint density at radius 3 is 2.37 bits per heavy atom. The highest BCUT2D eigenvalue weighted by Gasteiger charge is 2.47. The van der Waals surface area contributed by atoms with Gasteiger partial charge in [0.25, 0.3) is 0 Å². The summed E-state index contributed by atoms with van der Waals surface area (Å²) in [4.78, 5) is 24.3. The van der Waals surface area contributed by atoms with Crippen LogP contribution in [0.1, 0.15) is 5.56 Å². The van der Waals surface area contributed by atoms with E-state index in [-0.39, 0.29) is 17.0 Å². The summed E-state index contributed by atoms with van der Waals surface area (Å²) in [6, 6.07) is 4.33. The first-order valence-corrected chi connectivity index (χ1v) is 10.1. The van der Waals surface area contributed by atoms with Gasteiger partial charge in [-0.05, 0) is 25.1 Å². The van der Waals surface area contributed by atoms with Crippen LogP contribution in [0.2, 0.25) is 0 Å². The topological polar surface area (TPSA) is 175 Å². The number of aliphatic hydroxyl groups excluding tert-OH is 3. The second kappa shape index (κ2) is 8.85. The first kappa shape index (κ1) is 24.5. The van der Waals surface area contributed by atoms with E-state index in [0.29, 0.717) is 0 Å². The molecule has 7 N–H and O–H groups in total. The average molecular weight is 496 g/mol. The Morgan fingerprint density at radius 2 is 1.74 bits per heavy atom. The molecule has 5 atom stereocenters. The van der Waals surface area contributed by atoms with Crippen molar-refractivity contribution >= 4 is 28.3 Å². The molecular formula is C22H19F3N2O8. The molecule has 13 heteroatoms. The third kappa shape index (κ3) is 4.08. The predicted molar refractivity (Wildman–Crippen MR) is 115 cm³/mol. The molecule has 3 aromatic rings. The van der Waals surface area contributed by atoms with Gasteiger partial charge >= 0.3 is 5.97 Å². The minimum Gasteiger partial charge on any atom is -0.479 e. The Morgan fingerprint density at radius 1 is 1.06 bits per heavy atom. The number of aliphatic hydroxyl groups is 3. The van der Waals surface area contributed by atoms with Crippen LogP contribution in [0.5, 0.6) is 0 Å². The maximum atomic E-state index is 15.1. The fourth-order valence-electron chi connectivity index (χ4n) is 3.75. The van der Waals surface area contributed by atoms with Gasteiger partial charge in [0.15, 0.2) is 35.0 Å². The van der Waals surface area contributed by atoms with Crippen LogP contribution in [0.4, 0.5) is 24.5 Å². The lowest BCUT2D eigenvalue weighted by molar-refractivity contribution is -0.221. The highest BCUT2D eigenvalue weighted by molar-refractivity contribution is 5.92. The summed E-state index contributed by atoms with van der Waals surface area (Å²) in [6.45, 7) is 1.03. The van der Waals surface area contributed by atoms with Gasteiger partial charge in [-0.3, -0.25) is 4.79 Å². The Balaban J connectivity index is 1.86. The number of nitrogens with two attached hydrogens (primary N) is 1. The molecule has 0 amide bonds. The molecule has 35 heavy (non-hydrogen) atoms. The normalized spacial score (nSPS) is 24.5.